The highest BCUT2D eigenvalue weighted by Crippen LogP contribution is 2.14. The Morgan fingerprint density at radius 1 is 0.357 bits per heavy atom. The number of nitrogens with one attached hydrogen (secondary N) is 6. The van der Waals surface area contributed by atoms with E-state index in [4.69, 9.17) is 24.1 Å². The minimum atomic E-state index is -1.25. The zero-order valence-electron chi connectivity index (χ0n) is 41.8. The highest BCUT2D eigenvalue weighted by molar-refractivity contribution is 5.85. The van der Waals surface area contributed by atoms with E-state index in [0.717, 1.165) is 57.8 Å². The maximum absolute atomic E-state index is 12.4. The summed E-state index contributed by atoms with van der Waals surface area (Å²) in [5.41, 5.74) is 0. The summed E-state index contributed by atoms with van der Waals surface area (Å²) in [6, 6.07) is -2.38. The lowest BCUT2D eigenvalue weighted by atomic mass is 10.0. The van der Waals surface area contributed by atoms with Gasteiger partial charge in [-0.3, -0.25) is 33.6 Å². The third kappa shape index (κ3) is 44.3. The maximum Gasteiger partial charge on any atom is 0.326 e. The van der Waals surface area contributed by atoms with Gasteiger partial charge in [-0.15, -0.1) is 0 Å². The van der Waals surface area contributed by atoms with Crippen LogP contribution in [-0.4, -0.2) is 160 Å². The van der Waals surface area contributed by atoms with Crippen molar-refractivity contribution in [2.45, 2.75) is 173 Å². The number of ether oxygens (including phenoxy) is 4. The fraction of sp³-hybridized carbons (Fsp3) is 0.812. The fourth-order valence-electron chi connectivity index (χ4n) is 6.74. The van der Waals surface area contributed by atoms with Crippen molar-refractivity contribution >= 4 is 53.4 Å². The van der Waals surface area contributed by atoms with Gasteiger partial charge in [-0.2, -0.15) is 0 Å². The van der Waals surface area contributed by atoms with E-state index in [2.05, 4.69) is 31.9 Å². The molecule has 0 aromatic heterocycles. The van der Waals surface area contributed by atoms with Crippen LogP contribution >= 0.6 is 0 Å². The Labute approximate surface area is 413 Å². The largest absolute Gasteiger partial charge is 0.481 e. The van der Waals surface area contributed by atoms with Crippen molar-refractivity contribution in [3.63, 3.8) is 0 Å². The molecule has 0 spiro atoms. The molecule has 0 aliphatic heterocycles. The summed E-state index contributed by atoms with van der Waals surface area (Å²) in [5, 5.41) is 43.1. The van der Waals surface area contributed by atoms with E-state index in [9.17, 15) is 53.4 Å². The van der Waals surface area contributed by atoms with Gasteiger partial charge in [-0.05, 0) is 38.5 Å². The Bertz CT molecular complexity index is 1470. The van der Waals surface area contributed by atoms with Gasteiger partial charge in [0.1, 0.15) is 25.3 Å². The molecule has 0 unspecified atom stereocenters. The second-order valence-corrected chi connectivity index (χ2v) is 17.0. The van der Waals surface area contributed by atoms with Crippen LogP contribution in [0.15, 0.2) is 0 Å². The first kappa shape index (κ1) is 65.1. The zero-order valence-corrected chi connectivity index (χ0v) is 41.8. The molecule has 6 amide bonds. The molecule has 0 radical (unpaired) electrons. The van der Waals surface area contributed by atoms with E-state index in [1.165, 1.54) is 38.5 Å². The third-order valence-electron chi connectivity index (χ3n) is 10.7. The lowest BCUT2D eigenvalue weighted by molar-refractivity contribution is -0.143. The van der Waals surface area contributed by atoms with Gasteiger partial charge in [0.05, 0.1) is 39.6 Å². The predicted molar refractivity (Wildman–Crippen MR) is 259 cm³/mol. The predicted octanol–water partition coefficient (Wildman–Crippen LogP) is 3.12. The second kappa shape index (κ2) is 46.5. The summed E-state index contributed by atoms with van der Waals surface area (Å²) in [6.45, 7) is 3.54. The Kier molecular flexibility index (Phi) is 43.2. The molecule has 22 heteroatoms. The van der Waals surface area contributed by atoms with Gasteiger partial charge in [-0.25, -0.2) is 9.59 Å². The van der Waals surface area contributed by atoms with Gasteiger partial charge < -0.3 is 66.2 Å². The number of carbonyl (C=O) groups excluding carboxylic acids is 6. The van der Waals surface area contributed by atoms with Gasteiger partial charge in [0, 0.05) is 58.3 Å². The van der Waals surface area contributed by atoms with Gasteiger partial charge in [0.15, 0.2) is 0 Å². The highest BCUT2D eigenvalue weighted by atomic mass is 16.5. The van der Waals surface area contributed by atoms with Crippen molar-refractivity contribution in [3.8, 4) is 0 Å². The van der Waals surface area contributed by atoms with Gasteiger partial charge >= 0.3 is 17.9 Å². The molecule has 9 N–H and O–H groups in total. The molecule has 0 aliphatic carbocycles. The van der Waals surface area contributed by atoms with Crippen molar-refractivity contribution in [2.24, 2.45) is 0 Å². The number of carboxylic acid groups (broad SMARTS) is 3. The number of hydrogen-bond donors (Lipinski definition) is 9. The van der Waals surface area contributed by atoms with Crippen LogP contribution in [0.25, 0.3) is 0 Å². The quantitative estimate of drug-likeness (QED) is 0.0396. The van der Waals surface area contributed by atoms with Crippen molar-refractivity contribution < 1.29 is 77.4 Å². The van der Waals surface area contributed by atoms with Crippen LogP contribution in [0, 0.1) is 0 Å². The van der Waals surface area contributed by atoms with Gasteiger partial charge in [0.2, 0.25) is 35.4 Å². The van der Waals surface area contributed by atoms with Crippen LogP contribution in [-0.2, 0) is 62.1 Å². The zero-order chi connectivity index (χ0) is 51.9. The Morgan fingerprint density at radius 3 is 1.17 bits per heavy atom. The Balaban J connectivity index is 3.75. The van der Waals surface area contributed by atoms with Gasteiger partial charge in [0.25, 0.3) is 0 Å². The van der Waals surface area contributed by atoms with E-state index >= 15 is 0 Å². The van der Waals surface area contributed by atoms with E-state index in [1.54, 1.807) is 0 Å². The summed E-state index contributed by atoms with van der Waals surface area (Å²) in [7, 11) is 0. The van der Waals surface area contributed by atoms with Crippen LogP contribution in [0.1, 0.15) is 161 Å². The number of amides is 6. The normalized spacial score (nSPS) is 11.8. The molecule has 0 saturated carbocycles. The lowest BCUT2D eigenvalue weighted by Gasteiger charge is -2.14. The third-order valence-corrected chi connectivity index (χ3v) is 10.7. The van der Waals surface area contributed by atoms with Crippen molar-refractivity contribution in [2.75, 3.05) is 79.0 Å². The molecule has 0 heterocycles. The average molecular weight is 1000 g/mol. The van der Waals surface area contributed by atoms with E-state index < -0.39 is 35.9 Å². The monoisotopic (exact) mass is 1000 g/mol. The number of carbonyl (C=O) groups is 9. The van der Waals surface area contributed by atoms with Crippen LogP contribution in [0.5, 0.6) is 0 Å². The molecular formula is C48H86N6O16. The molecule has 70 heavy (non-hydrogen) atoms. The van der Waals surface area contributed by atoms with Crippen LogP contribution in [0.2, 0.25) is 0 Å². The lowest BCUT2D eigenvalue weighted by Crippen LogP contribution is -2.43. The summed E-state index contributed by atoms with van der Waals surface area (Å²) < 4.78 is 21.2. The van der Waals surface area contributed by atoms with Crippen LogP contribution < -0.4 is 31.9 Å². The van der Waals surface area contributed by atoms with Crippen LogP contribution in [0.4, 0.5) is 0 Å². The molecule has 0 bridgehead atoms. The molecule has 0 aromatic rings. The first-order valence-corrected chi connectivity index (χ1v) is 25.4. The average Bonchev–Trinajstić information content (AvgIpc) is 3.31. The van der Waals surface area contributed by atoms with Crippen molar-refractivity contribution in [1.82, 2.24) is 31.9 Å². The standard InChI is InChI=1S/C48H86N6O16/c1-2-3-26-49-41(56)25-23-39(48(65)66)54-45(60)37-70-35-33-68-31-29-52-44(59)36-69-34-32-67-30-28-51-40(55)20-18-27-50-42(57)24-22-38(47(63)64)53-43(58)19-16-14-12-10-8-6-4-5-7-9-11-13-15-17-21-46(61)62/h38-39H,2-37H2,1H3,(H,49,56)(H,50,57)(H,51,55)(H,52,59)(H,53,58)(H,54,60)(H,61,62)(H,63,64)(H,65,66)/t38-,39-/m0/s1. The van der Waals surface area contributed by atoms with E-state index in [0.29, 0.717) is 19.4 Å². The van der Waals surface area contributed by atoms with Crippen molar-refractivity contribution in [3.05, 3.63) is 0 Å². The Hall–Kier alpha value is -4.93. The molecule has 404 valence electrons. The number of rotatable bonds is 50. The Morgan fingerprint density at radius 2 is 0.714 bits per heavy atom. The van der Waals surface area contributed by atoms with Gasteiger partial charge in [-0.1, -0.05) is 90.4 Å². The van der Waals surface area contributed by atoms with E-state index in [-0.39, 0.29) is 147 Å². The molecule has 0 saturated heterocycles. The maximum atomic E-state index is 12.4. The summed E-state index contributed by atoms with van der Waals surface area (Å²) in [5.74, 6) is -5.40. The first-order chi connectivity index (χ1) is 33.7. The smallest absolute Gasteiger partial charge is 0.326 e. The molecule has 0 aromatic carbocycles. The highest BCUT2D eigenvalue weighted by Gasteiger charge is 2.22. The van der Waals surface area contributed by atoms with E-state index in [1.807, 2.05) is 6.92 Å². The summed E-state index contributed by atoms with van der Waals surface area (Å²) in [6.07, 6.45) is 17.4. The molecule has 0 rings (SSSR count). The molecular weight excluding hydrogens is 917 g/mol. The minimum Gasteiger partial charge on any atom is -0.481 e. The molecule has 0 aliphatic rings. The summed E-state index contributed by atoms with van der Waals surface area (Å²) in [4.78, 5) is 106. The molecule has 2 atom stereocenters. The van der Waals surface area contributed by atoms with Crippen molar-refractivity contribution in [1.29, 1.82) is 0 Å². The number of aliphatic carboxylic acids is 3. The topological polar surface area (TPSA) is 323 Å². The second-order valence-electron chi connectivity index (χ2n) is 17.0. The SMILES string of the molecule is CCCCNC(=O)CC[C@H](NC(=O)COCCOCCNC(=O)COCCOCCNC(=O)CCCNC(=O)CC[C@H](NC(=O)CCCCCCCCCCCCCCCCC(=O)O)C(=O)O)C(=O)O. The molecule has 0 fully saturated rings. The minimum absolute atomic E-state index is 0.0323. The summed E-state index contributed by atoms with van der Waals surface area (Å²) >= 11 is 0. The fourth-order valence-corrected chi connectivity index (χ4v) is 6.74. The number of unbranched alkanes of at least 4 members (excludes halogenated alkanes) is 14. The molecule has 22 nitrogen and oxygen atoms in total. The number of carboxylic acids is 3. The number of hydrogen-bond acceptors (Lipinski definition) is 13. The van der Waals surface area contributed by atoms with Crippen LogP contribution in [0.3, 0.4) is 0 Å². The first-order valence-electron chi connectivity index (χ1n) is 25.4.